The molecule has 0 saturated heterocycles. The van der Waals surface area contributed by atoms with Crippen LogP contribution in [0.25, 0.3) is 11.0 Å². The molecule has 3 aromatic carbocycles. The Bertz CT molecular complexity index is 1560. The van der Waals surface area contributed by atoms with Gasteiger partial charge in [0, 0.05) is 6.54 Å². The molecule has 1 aliphatic rings. The van der Waals surface area contributed by atoms with Gasteiger partial charge in [0.15, 0.2) is 23.1 Å². The summed E-state index contributed by atoms with van der Waals surface area (Å²) in [5.74, 6) is 2.22. The molecule has 2 heterocycles. The van der Waals surface area contributed by atoms with Crippen LogP contribution in [0.4, 0.5) is 11.6 Å². The van der Waals surface area contributed by atoms with Gasteiger partial charge in [-0.05, 0) is 61.7 Å². The highest BCUT2D eigenvalue weighted by Gasteiger charge is 2.38. The first-order valence-electron chi connectivity index (χ1n) is 11.6. The highest BCUT2D eigenvalue weighted by atomic mass is 32.2. The van der Waals surface area contributed by atoms with Gasteiger partial charge in [-0.3, -0.25) is 0 Å². The smallest absolute Gasteiger partial charge is 0.267 e. The van der Waals surface area contributed by atoms with Crippen molar-refractivity contribution in [3.8, 4) is 11.5 Å². The Kier molecular flexibility index (Phi) is 6.17. The summed E-state index contributed by atoms with van der Waals surface area (Å²) in [7, 11) is -0.641. The molecule has 1 aliphatic heterocycles. The van der Waals surface area contributed by atoms with Crippen LogP contribution in [-0.4, -0.2) is 45.8 Å². The highest BCUT2D eigenvalue weighted by Crippen LogP contribution is 2.38. The summed E-state index contributed by atoms with van der Waals surface area (Å²) in [5.41, 5.74) is 4.13. The number of methoxy groups -OCH3 is 2. The molecule has 9 heteroatoms. The van der Waals surface area contributed by atoms with Crippen molar-refractivity contribution in [1.29, 1.82) is 0 Å². The summed E-state index contributed by atoms with van der Waals surface area (Å²) < 4.78 is 39.8. The number of sulfonamides is 1. The zero-order valence-corrected chi connectivity index (χ0v) is 21.5. The summed E-state index contributed by atoms with van der Waals surface area (Å²) in [5, 5.41) is 0. The maximum Gasteiger partial charge on any atom is 0.267 e. The van der Waals surface area contributed by atoms with Crippen LogP contribution in [0, 0.1) is 13.8 Å². The van der Waals surface area contributed by atoms with Gasteiger partial charge in [0.2, 0.25) is 0 Å². The topological polar surface area (TPSA) is 84.9 Å². The van der Waals surface area contributed by atoms with Crippen molar-refractivity contribution in [1.82, 2.24) is 9.97 Å². The second-order valence-corrected chi connectivity index (χ2v) is 10.7. The molecule has 4 aromatic rings. The van der Waals surface area contributed by atoms with Crippen LogP contribution in [0.5, 0.6) is 11.5 Å². The van der Waals surface area contributed by atoms with E-state index in [1.54, 1.807) is 20.3 Å². The Morgan fingerprint density at radius 3 is 2.22 bits per heavy atom. The van der Waals surface area contributed by atoms with E-state index in [9.17, 15) is 8.42 Å². The molecule has 0 spiro atoms. The number of hydrogen-bond acceptors (Lipinski definition) is 7. The molecule has 0 fully saturated rings. The summed E-state index contributed by atoms with van der Waals surface area (Å²) in [4.78, 5) is 11.8. The minimum atomic E-state index is -3.85. The fourth-order valence-corrected chi connectivity index (χ4v) is 6.11. The molecule has 0 aliphatic carbocycles. The van der Waals surface area contributed by atoms with E-state index in [1.807, 2.05) is 73.3 Å². The van der Waals surface area contributed by atoms with E-state index in [-0.39, 0.29) is 11.6 Å². The number of aromatic nitrogens is 2. The number of fused-ring (bicyclic) bond motifs is 2. The molecule has 0 amide bonds. The van der Waals surface area contributed by atoms with Crippen LogP contribution in [0.15, 0.2) is 65.6 Å². The van der Waals surface area contributed by atoms with Gasteiger partial charge in [0.05, 0.1) is 30.1 Å². The molecule has 0 atom stereocenters. The number of hydrogen-bond donors (Lipinski definition) is 0. The van der Waals surface area contributed by atoms with E-state index < -0.39 is 10.0 Å². The van der Waals surface area contributed by atoms with E-state index in [0.717, 1.165) is 16.6 Å². The largest absolute Gasteiger partial charge is 0.493 e. The van der Waals surface area contributed by atoms with Crippen LogP contribution in [0.3, 0.4) is 0 Å². The number of ether oxygens (including phenoxy) is 2. The van der Waals surface area contributed by atoms with Crippen molar-refractivity contribution < 1.29 is 17.9 Å². The maximum absolute atomic E-state index is 13.8. The summed E-state index contributed by atoms with van der Waals surface area (Å²) in [6, 6.07) is 18.7. The van der Waals surface area contributed by atoms with Gasteiger partial charge in [-0.1, -0.05) is 35.9 Å². The van der Waals surface area contributed by atoms with Crippen LogP contribution >= 0.6 is 0 Å². The zero-order chi connectivity index (χ0) is 25.4. The first-order valence-corrected chi connectivity index (χ1v) is 13.1. The third-order valence-electron chi connectivity index (χ3n) is 6.39. The molecular weight excluding hydrogens is 476 g/mol. The third-order valence-corrected chi connectivity index (χ3v) is 8.27. The number of aryl methyl sites for hydroxylation is 2. The quantitative estimate of drug-likeness (QED) is 0.367. The highest BCUT2D eigenvalue weighted by molar-refractivity contribution is 7.93. The van der Waals surface area contributed by atoms with E-state index in [0.29, 0.717) is 47.2 Å². The van der Waals surface area contributed by atoms with Crippen molar-refractivity contribution in [2.45, 2.75) is 25.2 Å². The predicted octanol–water partition coefficient (Wildman–Crippen LogP) is 4.48. The van der Waals surface area contributed by atoms with Crippen molar-refractivity contribution in [2.24, 2.45) is 0 Å². The monoisotopic (exact) mass is 504 g/mol. The zero-order valence-electron chi connectivity index (χ0n) is 20.7. The lowest BCUT2D eigenvalue weighted by molar-refractivity contribution is 0.354. The first-order chi connectivity index (χ1) is 17.3. The molecular formula is C27H28N4O4S. The Morgan fingerprint density at radius 1 is 0.861 bits per heavy atom. The third kappa shape index (κ3) is 4.19. The summed E-state index contributed by atoms with van der Waals surface area (Å²) >= 11 is 0. The lowest BCUT2D eigenvalue weighted by Crippen LogP contribution is -2.37. The van der Waals surface area contributed by atoms with Gasteiger partial charge < -0.3 is 14.4 Å². The number of nitrogens with zero attached hydrogens (tertiary/aromatic N) is 4. The van der Waals surface area contributed by atoms with E-state index in [1.165, 1.54) is 4.31 Å². The van der Waals surface area contributed by atoms with E-state index in [4.69, 9.17) is 19.4 Å². The molecule has 0 saturated carbocycles. The lowest BCUT2D eigenvalue weighted by atomic mass is 10.1. The Hall–Kier alpha value is -3.85. The van der Waals surface area contributed by atoms with Crippen molar-refractivity contribution in [3.63, 3.8) is 0 Å². The Morgan fingerprint density at radius 2 is 1.56 bits per heavy atom. The van der Waals surface area contributed by atoms with Crippen LogP contribution in [0.1, 0.15) is 16.7 Å². The standard InChI is InChI=1S/C27H28N4O4S/c1-18-9-12-25(19(2)15-18)36(32,33)31-17-30(14-13-20-10-11-23(34-3)24(16-20)35-4)26-27(31)29-22-8-6-5-7-21(22)28-26/h5-12,15-16H,13-14,17H2,1-4H3. The fraction of sp³-hybridized carbons (Fsp3) is 0.259. The lowest BCUT2D eigenvalue weighted by Gasteiger charge is -2.21. The first kappa shape index (κ1) is 23.9. The van der Waals surface area contributed by atoms with Crippen LogP contribution in [-0.2, 0) is 16.4 Å². The number of benzene rings is 3. The Balaban J connectivity index is 1.52. The second-order valence-electron chi connectivity index (χ2n) is 8.83. The molecule has 0 radical (unpaired) electrons. The van der Waals surface area contributed by atoms with Gasteiger partial charge in [0.1, 0.15) is 6.67 Å². The van der Waals surface area contributed by atoms with Gasteiger partial charge in [-0.2, -0.15) is 0 Å². The van der Waals surface area contributed by atoms with Crippen LogP contribution in [0.2, 0.25) is 0 Å². The van der Waals surface area contributed by atoms with Crippen molar-refractivity contribution in [2.75, 3.05) is 36.6 Å². The van der Waals surface area contributed by atoms with Gasteiger partial charge in [0.25, 0.3) is 10.0 Å². The predicted molar refractivity (Wildman–Crippen MR) is 141 cm³/mol. The van der Waals surface area contributed by atoms with Gasteiger partial charge in [-0.15, -0.1) is 0 Å². The Labute approximate surface area is 211 Å². The van der Waals surface area contributed by atoms with Gasteiger partial charge >= 0.3 is 0 Å². The average Bonchev–Trinajstić information content (AvgIpc) is 3.23. The number of rotatable bonds is 7. The molecule has 1 aromatic heterocycles. The normalized spacial score (nSPS) is 13.2. The van der Waals surface area contributed by atoms with Gasteiger partial charge in [-0.25, -0.2) is 22.7 Å². The fourth-order valence-electron chi connectivity index (χ4n) is 4.52. The molecule has 5 rings (SSSR count). The summed E-state index contributed by atoms with van der Waals surface area (Å²) in [6.45, 7) is 4.45. The molecule has 0 unspecified atom stereocenters. The average molecular weight is 505 g/mol. The van der Waals surface area contributed by atoms with Crippen LogP contribution < -0.4 is 18.7 Å². The SMILES string of the molecule is COc1ccc(CCN2CN(S(=O)(=O)c3ccc(C)cc3C)c3nc4ccccc4nc32)cc1OC. The van der Waals surface area contributed by atoms with Crippen molar-refractivity contribution >= 4 is 32.7 Å². The number of para-hydroxylation sites is 2. The van der Waals surface area contributed by atoms with E-state index in [2.05, 4.69) is 0 Å². The molecule has 0 N–H and O–H groups in total. The van der Waals surface area contributed by atoms with E-state index >= 15 is 0 Å². The molecule has 36 heavy (non-hydrogen) atoms. The molecule has 186 valence electrons. The minimum Gasteiger partial charge on any atom is -0.493 e. The minimum absolute atomic E-state index is 0.134. The summed E-state index contributed by atoms with van der Waals surface area (Å²) in [6.07, 6.45) is 0.658. The van der Waals surface area contributed by atoms with Crippen molar-refractivity contribution in [3.05, 3.63) is 77.4 Å². The maximum atomic E-state index is 13.8. The number of anilines is 2. The molecule has 8 nitrogen and oxygen atoms in total. The molecule has 0 bridgehead atoms. The second kappa shape index (κ2) is 9.31.